The van der Waals surface area contributed by atoms with Crippen molar-refractivity contribution in [1.82, 2.24) is 0 Å². The molecular formula is C12H10ClN3O. The highest BCUT2D eigenvalue weighted by molar-refractivity contribution is 6.33. The second-order valence-corrected chi connectivity index (χ2v) is 4.12. The molecule has 1 aliphatic rings. The van der Waals surface area contributed by atoms with Crippen molar-refractivity contribution in [3.8, 4) is 12.1 Å². The second-order valence-electron chi connectivity index (χ2n) is 3.71. The number of nitriles is 2. The zero-order valence-corrected chi connectivity index (χ0v) is 9.81. The van der Waals surface area contributed by atoms with Crippen molar-refractivity contribution in [1.29, 1.82) is 10.5 Å². The SMILES string of the molecule is N#Cc1ccc(N2CCOC(C#N)C2)c(Cl)c1. The van der Waals surface area contributed by atoms with Gasteiger partial charge in [-0.2, -0.15) is 10.5 Å². The first-order chi connectivity index (χ1) is 8.24. The molecule has 0 amide bonds. The van der Waals surface area contributed by atoms with Crippen LogP contribution in [-0.4, -0.2) is 25.8 Å². The molecule has 1 fully saturated rings. The van der Waals surface area contributed by atoms with Crippen molar-refractivity contribution in [3.05, 3.63) is 28.8 Å². The highest BCUT2D eigenvalue weighted by atomic mass is 35.5. The molecule has 0 radical (unpaired) electrons. The van der Waals surface area contributed by atoms with E-state index in [4.69, 9.17) is 26.9 Å². The number of hydrogen-bond donors (Lipinski definition) is 0. The summed E-state index contributed by atoms with van der Waals surface area (Å²) in [6.45, 7) is 1.71. The molecule has 1 unspecified atom stereocenters. The molecule has 0 spiro atoms. The molecule has 4 nitrogen and oxygen atoms in total. The second kappa shape index (κ2) is 5.05. The van der Waals surface area contributed by atoms with Gasteiger partial charge in [0.2, 0.25) is 0 Å². The van der Waals surface area contributed by atoms with E-state index in [1.807, 2.05) is 11.0 Å². The third kappa shape index (κ3) is 2.50. The number of rotatable bonds is 1. The summed E-state index contributed by atoms with van der Waals surface area (Å²) in [5.74, 6) is 0. The van der Waals surface area contributed by atoms with Crippen molar-refractivity contribution in [2.75, 3.05) is 24.6 Å². The molecule has 0 aliphatic carbocycles. The fourth-order valence-corrected chi connectivity index (χ4v) is 2.08. The smallest absolute Gasteiger partial charge is 0.161 e. The predicted octanol–water partition coefficient (Wildman–Crippen LogP) is 1.94. The first kappa shape index (κ1) is 11.7. The maximum Gasteiger partial charge on any atom is 0.161 e. The molecule has 5 heteroatoms. The van der Waals surface area contributed by atoms with Crippen LogP contribution in [0.2, 0.25) is 5.02 Å². The number of ether oxygens (including phenoxy) is 1. The van der Waals surface area contributed by atoms with E-state index in [0.29, 0.717) is 30.3 Å². The maximum absolute atomic E-state index is 8.83. The number of nitrogens with zero attached hydrogens (tertiary/aromatic N) is 3. The van der Waals surface area contributed by atoms with E-state index < -0.39 is 6.10 Å². The Morgan fingerprint density at radius 1 is 1.41 bits per heavy atom. The molecule has 1 aliphatic heterocycles. The van der Waals surface area contributed by atoms with Crippen LogP contribution in [0, 0.1) is 22.7 Å². The minimum atomic E-state index is -0.421. The van der Waals surface area contributed by atoms with E-state index in [-0.39, 0.29) is 0 Å². The molecule has 0 saturated carbocycles. The molecular weight excluding hydrogens is 238 g/mol. The average molecular weight is 248 g/mol. The quantitative estimate of drug-likeness (QED) is 0.761. The highest BCUT2D eigenvalue weighted by Crippen LogP contribution is 2.28. The van der Waals surface area contributed by atoms with Gasteiger partial charge in [-0.05, 0) is 18.2 Å². The molecule has 1 aromatic rings. The molecule has 1 atom stereocenters. The van der Waals surface area contributed by atoms with Gasteiger partial charge >= 0.3 is 0 Å². The summed E-state index contributed by atoms with van der Waals surface area (Å²) in [4.78, 5) is 2.00. The van der Waals surface area contributed by atoms with Crippen LogP contribution >= 0.6 is 11.6 Å². The van der Waals surface area contributed by atoms with Crippen LogP contribution in [0.4, 0.5) is 5.69 Å². The van der Waals surface area contributed by atoms with E-state index in [1.165, 1.54) is 0 Å². The highest BCUT2D eigenvalue weighted by Gasteiger charge is 2.21. The lowest BCUT2D eigenvalue weighted by molar-refractivity contribution is 0.0764. The van der Waals surface area contributed by atoms with Gasteiger partial charge in [-0.15, -0.1) is 0 Å². The zero-order valence-electron chi connectivity index (χ0n) is 9.06. The molecule has 1 heterocycles. The zero-order chi connectivity index (χ0) is 12.3. The van der Waals surface area contributed by atoms with Gasteiger partial charge in [-0.1, -0.05) is 11.6 Å². The standard InChI is InChI=1S/C12H10ClN3O/c13-11-5-9(6-14)1-2-12(11)16-3-4-17-10(7-15)8-16/h1-2,5,10H,3-4,8H2. The minimum absolute atomic E-state index is 0.421. The van der Waals surface area contributed by atoms with Crippen LogP contribution in [0.25, 0.3) is 0 Å². The summed E-state index contributed by atoms with van der Waals surface area (Å²) in [5, 5.41) is 18.1. The molecule has 0 aromatic heterocycles. The van der Waals surface area contributed by atoms with Gasteiger partial charge in [0.05, 0.1) is 41.6 Å². The summed E-state index contributed by atoms with van der Waals surface area (Å²) in [5.41, 5.74) is 1.37. The Labute approximate surface area is 105 Å². The lowest BCUT2D eigenvalue weighted by atomic mass is 10.2. The number of anilines is 1. The Morgan fingerprint density at radius 2 is 2.24 bits per heavy atom. The Hall–Kier alpha value is -1.75. The Morgan fingerprint density at radius 3 is 2.88 bits per heavy atom. The minimum Gasteiger partial charge on any atom is -0.364 e. The molecule has 17 heavy (non-hydrogen) atoms. The molecule has 2 rings (SSSR count). The van der Waals surface area contributed by atoms with Gasteiger partial charge in [0.1, 0.15) is 0 Å². The van der Waals surface area contributed by atoms with Gasteiger partial charge in [-0.25, -0.2) is 0 Å². The Balaban J connectivity index is 2.23. The van der Waals surface area contributed by atoms with Crippen molar-refractivity contribution in [2.24, 2.45) is 0 Å². The first-order valence-corrected chi connectivity index (χ1v) is 5.58. The van der Waals surface area contributed by atoms with E-state index in [9.17, 15) is 0 Å². The molecule has 1 saturated heterocycles. The van der Waals surface area contributed by atoms with E-state index in [1.54, 1.807) is 18.2 Å². The maximum atomic E-state index is 8.83. The van der Waals surface area contributed by atoms with Crippen LogP contribution in [-0.2, 0) is 4.74 Å². The van der Waals surface area contributed by atoms with Crippen LogP contribution in [0.5, 0.6) is 0 Å². The molecule has 86 valence electrons. The summed E-state index contributed by atoms with van der Waals surface area (Å²) in [6.07, 6.45) is -0.421. The van der Waals surface area contributed by atoms with E-state index >= 15 is 0 Å². The molecule has 0 N–H and O–H groups in total. The van der Waals surface area contributed by atoms with E-state index in [0.717, 1.165) is 5.69 Å². The largest absolute Gasteiger partial charge is 0.364 e. The van der Waals surface area contributed by atoms with Crippen molar-refractivity contribution in [3.63, 3.8) is 0 Å². The fourth-order valence-electron chi connectivity index (χ4n) is 1.78. The number of hydrogen-bond acceptors (Lipinski definition) is 4. The topological polar surface area (TPSA) is 60.1 Å². The monoisotopic (exact) mass is 247 g/mol. The normalized spacial score (nSPS) is 19.5. The van der Waals surface area contributed by atoms with Crippen molar-refractivity contribution >= 4 is 17.3 Å². The Kier molecular flexibility index (Phi) is 3.49. The number of benzene rings is 1. The third-order valence-corrected chi connectivity index (χ3v) is 2.93. The predicted molar refractivity (Wildman–Crippen MR) is 63.7 cm³/mol. The lowest BCUT2D eigenvalue weighted by Gasteiger charge is -2.32. The van der Waals surface area contributed by atoms with Gasteiger partial charge in [0.25, 0.3) is 0 Å². The average Bonchev–Trinajstić information content (AvgIpc) is 2.38. The van der Waals surface area contributed by atoms with Crippen molar-refractivity contribution in [2.45, 2.75) is 6.10 Å². The van der Waals surface area contributed by atoms with E-state index in [2.05, 4.69) is 6.07 Å². The number of halogens is 1. The summed E-state index contributed by atoms with van der Waals surface area (Å²) >= 11 is 6.12. The summed E-state index contributed by atoms with van der Waals surface area (Å²) < 4.78 is 5.27. The third-order valence-electron chi connectivity index (χ3n) is 2.63. The van der Waals surface area contributed by atoms with Crippen molar-refractivity contribution < 1.29 is 4.74 Å². The van der Waals surface area contributed by atoms with Gasteiger partial charge in [0.15, 0.2) is 6.10 Å². The van der Waals surface area contributed by atoms with Gasteiger partial charge in [0, 0.05) is 6.54 Å². The van der Waals surface area contributed by atoms with Crippen LogP contribution < -0.4 is 4.90 Å². The van der Waals surface area contributed by atoms with Crippen LogP contribution in [0.15, 0.2) is 18.2 Å². The number of morpholine rings is 1. The summed E-state index contributed by atoms with van der Waals surface area (Å²) in [6, 6.07) is 9.28. The molecule has 1 aromatic carbocycles. The van der Waals surface area contributed by atoms with Gasteiger partial charge < -0.3 is 9.64 Å². The van der Waals surface area contributed by atoms with Gasteiger partial charge in [-0.3, -0.25) is 0 Å². The van der Waals surface area contributed by atoms with Crippen LogP contribution in [0.1, 0.15) is 5.56 Å². The fraction of sp³-hybridized carbons (Fsp3) is 0.333. The molecule has 0 bridgehead atoms. The lowest BCUT2D eigenvalue weighted by Crippen LogP contribution is -2.41. The van der Waals surface area contributed by atoms with Crippen LogP contribution in [0.3, 0.4) is 0 Å². The Bertz CT molecular complexity index is 503. The first-order valence-electron chi connectivity index (χ1n) is 5.20. The summed E-state index contributed by atoms with van der Waals surface area (Å²) in [7, 11) is 0.